The molecule has 198 valence electrons. The average Bonchev–Trinajstić information content (AvgIpc) is 3.20. The second-order valence-corrected chi connectivity index (χ2v) is 11.6. The van der Waals surface area contributed by atoms with E-state index < -0.39 is 5.91 Å². The molecular weight excluding hydrogens is 460 g/mol. The van der Waals surface area contributed by atoms with Crippen molar-refractivity contribution in [1.29, 1.82) is 0 Å². The van der Waals surface area contributed by atoms with Gasteiger partial charge in [-0.05, 0) is 96.0 Å². The summed E-state index contributed by atoms with van der Waals surface area (Å²) in [5, 5.41) is 0. The quantitative estimate of drug-likeness (QED) is 0.371. The summed E-state index contributed by atoms with van der Waals surface area (Å²) in [5.41, 5.74) is 15.0. The van der Waals surface area contributed by atoms with Gasteiger partial charge < -0.3 is 19.8 Å². The first kappa shape index (κ1) is 26.8. The second-order valence-electron chi connectivity index (χ2n) is 11.6. The number of fused-ring (bicyclic) bond motifs is 1. The number of methoxy groups -OCH3 is 2. The van der Waals surface area contributed by atoms with Crippen LogP contribution in [0.15, 0.2) is 36.4 Å². The number of carbonyl (C=O) groups excluding carboxylic acids is 1. The molecule has 0 fully saturated rings. The van der Waals surface area contributed by atoms with E-state index in [4.69, 9.17) is 15.2 Å². The van der Waals surface area contributed by atoms with E-state index in [0.717, 1.165) is 47.7 Å². The second kappa shape index (κ2) is 9.92. The highest BCUT2D eigenvalue weighted by Gasteiger charge is 2.38. The van der Waals surface area contributed by atoms with Gasteiger partial charge in [-0.1, -0.05) is 40.7 Å². The van der Waals surface area contributed by atoms with E-state index in [9.17, 15) is 4.79 Å². The van der Waals surface area contributed by atoms with Gasteiger partial charge in [0.25, 0.3) is 5.91 Å². The minimum Gasteiger partial charge on any atom is -0.497 e. The van der Waals surface area contributed by atoms with Crippen molar-refractivity contribution >= 4 is 5.91 Å². The Hall–Kier alpha value is -3.21. The van der Waals surface area contributed by atoms with Crippen molar-refractivity contribution in [1.82, 2.24) is 4.57 Å². The van der Waals surface area contributed by atoms with E-state index in [0.29, 0.717) is 12.1 Å². The molecule has 0 aliphatic heterocycles. The smallest absolute Gasteiger partial charge is 0.250 e. The molecule has 0 radical (unpaired) electrons. The summed E-state index contributed by atoms with van der Waals surface area (Å²) in [5.74, 6) is 1.23. The van der Waals surface area contributed by atoms with Crippen LogP contribution in [0.3, 0.4) is 0 Å². The van der Waals surface area contributed by atoms with Gasteiger partial charge in [0.2, 0.25) is 0 Å². The third kappa shape index (κ3) is 4.88. The van der Waals surface area contributed by atoms with Crippen LogP contribution in [0.1, 0.15) is 85.8 Å². The molecule has 1 aromatic heterocycles. The van der Waals surface area contributed by atoms with E-state index >= 15 is 0 Å². The van der Waals surface area contributed by atoms with Crippen molar-refractivity contribution < 1.29 is 14.3 Å². The Bertz CT molecular complexity index is 1330. The topological polar surface area (TPSA) is 66.5 Å². The lowest BCUT2D eigenvalue weighted by Gasteiger charge is -2.42. The first-order valence-electron chi connectivity index (χ1n) is 13.3. The summed E-state index contributed by atoms with van der Waals surface area (Å²) in [6.45, 7) is 14.3. The van der Waals surface area contributed by atoms with Crippen molar-refractivity contribution in [2.45, 2.75) is 84.6 Å². The zero-order valence-electron chi connectivity index (χ0n) is 23.7. The van der Waals surface area contributed by atoms with Gasteiger partial charge in [-0.3, -0.25) is 4.79 Å². The van der Waals surface area contributed by atoms with Crippen LogP contribution < -0.4 is 15.2 Å². The summed E-state index contributed by atoms with van der Waals surface area (Å²) >= 11 is 0. The molecule has 5 heteroatoms. The highest BCUT2D eigenvalue weighted by Crippen LogP contribution is 2.48. The van der Waals surface area contributed by atoms with Crippen LogP contribution in [-0.2, 0) is 30.2 Å². The lowest BCUT2D eigenvalue weighted by molar-refractivity contribution is 0.0999. The Balaban J connectivity index is 1.87. The summed E-state index contributed by atoms with van der Waals surface area (Å²) in [6, 6.07) is 12.7. The van der Waals surface area contributed by atoms with Crippen LogP contribution in [0, 0.1) is 6.92 Å². The molecule has 1 aliphatic carbocycles. The summed E-state index contributed by atoms with van der Waals surface area (Å²) in [6.07, 6.45) is 3.98. The molecule has 5 nitrogen and oxygen atoms in total. The zero-order chi connectivity index (χ0) is 27.1. The molecule has 0 saturated carbocycles. The van der Waals surface area contributed by atoms with Gasteiger partial charge in [0.15, 0.2) is 0 Å². The standard InChI is InChI=1S/C32H42N2O3/c1-9-21-17-26-27(32(5,6)14-13-31(26,3)4)18-25(21)28-19-24(30(33)35)20(2)34(28)15-12-22-16-23(36-7)10-11-29(22)37-8/h10-11,16-19H,9,12-15H2,1-8H3,(H2,33,35). The number of primary amides is 1. The molecule has 1 aliphatic rings. The van der Waals surface area contributed by atoms with Gasteiger partial charge in [-0.15, -0.1) is 0 Å². The number of nitrogens with two attached hydrogens (primary N) is 1. The lowest BCUT2D eigenvalue weighted by Crippen LogP contribution is -2.34. The van der Waals surface area contributed by atoms with E-state index in [2.05, 4.69) is 51.3 Å². The molecule has 0 unspecified atom stereocenters. The third-order valence-electron chi connectivity index (χ3n) is 8.46. The van der Waals surface area contributed by atoms with E-state index in [1.54, 1.807) is 14.2 Å². The van der Waals surface area contributed by atoms with E-state index in [1.165, 1.54) is 28.7 Å². The Morgan fingerprint density at radius 1 is 0.946 bits per heavy atom. The van der Waals surface area contributed by atoms with E-state index in [-0.39, 0.29) is 10.8 Å². The van der Waals surface area contributed by atoms with Gasteiger partial charge in [-0.2, -0.15) is 0 Å². The molecular formula is C32H42N2O3. The van der Waals surface area contributed by atoms with Gasteiger partial charge in [0.05, 0.1) is 19.8 Å². The van der Waals surface area contributed by atoms with Crippen LogP contribution in [0.25, 0.3) is 11.3 Å². The Labute approximate surface area is 222 Å². The lowest BCUT2D eigenvalue weighted by atomic mass is 9.62. The molecule has 2 aromatic carbocycles. The number of benzene rings is 2. The molecule has 0 saturated heterocycles. The van der Waals surface area contributed by atoms with Crippen LogP contribution in [0.5, 0.6) is 11.5 Å². The highest BCUT2D eigenvalue weighted by molar-refractivity contribution is 5.96. The molecule has 1 heterocycles. The SMILES string of the molecule is CCc1cc2c(cc1-c1cc(C(N)=O)c(C)n1CCc1cc(OC)ccc1OC)C(C)(C)CCC2(C)C. The largest absolute Gasteiger partial charge is 0.497 e. The van der Waals surface area contributed by atoms with Crippen LogP contribution in [0.2, 0.25) is 0 Å². The van der Waals surface area contributed by atoms with Crippen molar-refractivity contribution in [2.75, 3.05) is 14.2 Å². The van der Waals surface area contributed by atoms with Crippen molar-refractivity contribution in [3.63, 3.8) is 0 Å². The monoisotopic (exact) mass is 502 g/mol. The molecule has 0 atom stereocenters. The fraction of sp³-hybridized carbons (Fsp3) is 0.469. The summed E-state index contributed by atoms with van der Waals surface area (Å²) < 4.78 is 13.3. The number of rotatable bonds is 8. The van der Waals surface area contributed by atoms with Crippen LogP contribution in [-0.4, -0.2) is 24.7 Å². The number of hydrogen-bond donors (Lipinski definition) is 1. The maximum atomic E-state index is 12.4. The van der Waals surface area contributed by atoms with Gasteiger partial charge in [0, 0.05) is 23.5 Å². The molecule has 1 amide bonds. The fourth-order valence-electron chi connectivity index (χ4n) is 5.91. The summed E-state index contributed by atoms with van der Waals surface area (Å²) in [4.78, 5) is 12.4. The minimum atomic E-state index is -0.395. The normalized spacial score (nSPS) is 15.8. The number of amides is 1. The van der Waals surface area contributed by atoms with Crippen LogP contribution in [0.4, 0.5) is 0 Å². The van der Waals surface area contributed by atoms with Crippen LogP contribution >= 0.6 is 0 Å². The Kier molecular flexibility index (Phi) is 7.20. The predicted octanol–water partition coefficient (Wildman–Crippen LogP) is 6.73. The number of aromatic nitrogens is 1. The maximum Gasteiger partial charge on any atom is 0.250 e. The number of nitrogens with zero attached hydrogens (tertiary/aromatic N) is 1. The average molecular weight is 503 g/mol. The van der Waals surface area contributed by atoms with Gasteiger partial charge >= 0.3 is 0 Å². The molecule has 2 N–H and O–H groups in total. The minimum absolute atomic E-state index is 0.0960. The number of hydrogen-bond acceptors (Lipinski definition) is 3. The first-order chi connectivity index (χ1) is 17.4. The number of aryl methyl sites for hydroxylation is 2. The van der Waals surface area contributed by atoms with Crippen molar-refractivity contribution in [3.05, 3.63) is 69.9 Å². The maximum absolute atomic E-state index is 12.4. The van der Waals surface area contributed by atoms with Gasteiger partial charge in [0.1, 0.15) is 11.5 Å². The third-order valence-corrected chi connectivity index (χ3v) is 8.46. The summed E-state index contributed by atoms with van der Waals surface area (Å²) in [7, 11) is 3.36. The Morgan fingerprint density at radius 3 is 2.16 bits per heavy atom. The molecule has 37 heavy (non-hydrogen) atoms. The molecule has 0 spiro atoms. The van der Waals surface area contributed by atoms with Crippen molar-refractivity contribution in [3.8, 4) is 22.8 Å². The fourth-order valence-corrected chi connectivity index (χ4v) is 5.91. The van der Waals surface area contributed by atoms with Crippen molar-refractivity contribution in [2.24, 2.45) is 5.73 Å². The van der Waals surface area contributed by atoms with E-state index in [1.807, 2.05) is 31.2 Å². The molecule has 0 bridgehead atoms. The number of ether oxygens (including phenoxy) is 2. The van der Waals surface area contributed by atoms with Gasteiger partial charge in [-0.25, -0.2) is 0 Å². The highest BCUT2D eigenvalue weighted by atomic mass is 16.5. The molecule has 3 aromatic rings. The Morgan fingerprint density at radius 2 is 1.59 bits per heavy atom. The molecule has 4 rings (SSSR count). The zero-order valence-corrected chi connectivity index (χ0v) is 23.7. The number of carbonyl (C=O) groups is 1. The predicted molar refractivity (Wildman–Crippen MR) is 151 cm³/mol. The first-order valence-corrected chi connectivity index (χ1v) is 13.3.